The fourth-order valence-corrected chi connectivity index (χ4v) is 2.09. The van der Waals surface area contributed by atoms with Crippen molar-refractivity contribution in [3.8, 4) is 0 Å². The van der Waals surface area contributed by atoms with Gasteiger partial charge in [-0.3, -0.25) is 9.59 Å². The van der Waals surface area contributed by atoms with Gasteiger partial charge in [-0.25, -0.2) is 0 Å². The van der Waals surface area contributed by atoms with Gasteiger partial charge in [0.25, 0.3) is 5.91 Å². The minimum atomic E-state index is -0.187. The molecule has 0 aliphatic carbocycles. The maximum atomic E-state index is 12.4. The molecule has 5 nitrogen and oxygen atoms in total. The number of nitrogens with two attached hydrogens (primary N) is 1. The van der Waals surface area contributed by atoms with E-state index < -0.39 is 0 Å². The van der Waals surface area contributed by atoms with E-state index in [4.69, 9.17) is 5.73 Å². The van der Waals surface area contributed by atoms with Gasteiger partial charge >= 0.3 is 0 Å². The van der Waals surface area contributed by atoms with Gasteiger partial charge in [-0.2, -0.15) is 0 Å². The number of amides is 2. The molecule has 0 bridgehead atoms. The Hall–Kier alpha value is -2.04. The third-order valence-electron chi connectivity index (χ3n) is 2.79. The molecule has 0 radical (unpaired) electrons. The number of carbonyl (C=O) groups excluding carboxylic acids is 2. The van der Waals surface area contributed by atoms with Crippen molar-refractivity contribution in [2.45, 2.75) is 13.8 Å². The van der Waals surface area contributed by atoms with Crippen LogP contribution in [0.5, 0.6) is 0 Å². The number of nitrogens with zero attached hydrogens (tertiary/aromatic N) is 1. The molecule has 0 saturated heterocycles. The Morgan fingerprint density at radius 3 is 2.78 bits per heavy atom. The van der Waals surface area contributed by atoms with E-state index in [0.29, 0.717) is 29.4 Å². The zero-order chi connectivity index (χ0) is 13.3. The number of hydrogen-bond acceptors (Lipinski definition) is 3. The first-order valence-corrected chi connectivity index (χ1v) is 5.96. The summed E-state index contributed by atoms with van der Waals surface area (Å²) in [6.45, 7) is 4.63. The summed E-state index contributed by atoms with van der Waals surface area (Å²) >= 11 is 0. The molecule has 3 N–H and O–H groups in total. The van der Waals surface area contributed by atoms with Gasteiger partial charge in [0.1, 0.15) is 6.54 Å². The summed E-state index contributed by atoms with van der Waals surface area (Å²) in [6.07, 6.45) is 0. The zero-order valence-corrected chi connectivity index (χ0v) is 10.6. The Bertz CT molecular complexity index is 497. The number of carbonyl (C=O) groups is 2. The second-order valence-electron chi connectivity index (χ2n) is 4.90. The average molecular weight is 247 g/mol. The molecule has 1 heterocycles. The molecule has 0 fully saturated rings. The summed E-state index contributed by atoms with van der Waals surface area (Å²) in [6, 6.07) is 5.09. The lowest BCUT2D eigenvalue weighted by atomic mass is 10.1. The van der Waals surface area contributed by atoms with Crippen molar-refractivity contribution in [2.75, 3.05) is 24.1 Å². The molecule has 5 heteroatoms. The van der Waals surface area contributed by atoms with Crippen LogP contribution >= 0.6 is 0 Å². The molecule has 96 valence electrons. The number of rotatable bonds is 2. The van der Waals surface area contributed by atoms with E-state index in [-0.39, 0.29) is 18.4 Å². The number of anilines is 2. The van der Waals surface area contributed by atoms with Gasteiger partial charge in [0.2, 0.25) is 5.91 Å². The number of benzene rings is 1. The molecule has 0 atom stereocenters. The molecule has 1 aliphatic heterocycles. The van der Waals surface area contributed by atoms with Gasteiger partial charge < -0.3 is 16.0 Å². The Morgan fingerprint density at radius 2 is 2.11 bits per heavy atom. The molecule has 0 spiro atoms. The molecule has 1 aromatic rings. The van der Waals surface area contributed by atoms with Crippen LogP contribution in [0.1, 0.15) is 24.2 Å². The number of nitrogen functional groups attached to an aromatic ring is 1. The highest BCUT2D eigenvalue weighted by atomic mass is 16.2. The van der Waals surface area contributed by atoms with Crippen LogP contribution in [-0.2, 0) is 4.79 Å². The first-order valence-electron chi connectivity index (χ1n) is 5.96. The Labute approximate surface area is 106 Å². The lowest BCUT2D eigenvalue weighted by Crippen LogP contribution is -2.37. The van der Waals surface area contributed by atoms with E-state index in [0.717, 1.165) is 0 Å². The molecular weight excluding hydrogens is 230 g/mol. The maximum Gasteiger partial charge on any atom is 0.258 e. The second kappa shape index (κ2) is 4.68. The zero-order valence-electron chi connectivity index (χ0n) is 10.6. The highest BCUT2D eigenvalue weighted by Gasteiger charge is 2.28. The second-order valence-corrected chi connectivity index (χ2v) is 4.90. The van der Waals surface area contributed by atoms with Crippen molar-refractivity contribution in [1.29, 1.82) is 0 Å². The van der Waals surface area contributed by atoms with Crippen molar-refractivity contribution in [2.24, 2.45) is 5.92 Å². The van der Waals surface area contributed by atoms with Crippen LogP contribution in [0.25, 0.3) is 0 Å². The Kier molecular flexibility index (Phi) is 3.23. The average Bonchev–Trinajstić information content (AvgIpc) is 2.37. The Morgan fingerprint density at radius 1 is 1.39 bits per heavy atom. The van der Waals surface area contributed by atoms with Crippen LogP contribution in [0.2, 0.25) is 0 Å². The molecule has 2 rings (SSSR count). The quantitative estimate of drug-likeness (QED) is 0.774. The van der Waals surface area contributed by atoms with E-state index in [1.165, 1.54) is 0 Å². The molecule has 2 amide bonds. The predicted molar refractivity (Wildman–Crippen MR) is 70.2 cm³/mol. The van der Waals surface area contributed by atoms with Crippen molar-refractivity contribution in [3.63, 3.8) is 0 Å². The largest absolute Gasteiger partial charge is 0.398 e. The van der Waals surface area contributed by atoms with Gasteiger partial charge in [-0.05, 0) is 18.1 Å². The van der Waals surface area contributed by atoms with E-state index in [2.05, 4.69) is 5.32 Å². The predicted octanol–water partition coefficient (Wildman–Crippen LogP) is 1.32. The molecule has 18 heavy (non-hydrogen) atoms. The fourth-order valence-electron chi connectivity index (χ4n) is 2.09. The van der Waals surface area contributed by atoms with Crippen LogP contribution in [0.4, 0.5) is 11.4 Å². The highest BCUT2D eigenvalue weighted by Crippen LogP contribution is 2.26. The van der Waals surface area contributed by atoms with E-state index in [1.54, 1.807) is 23.1 Å². The molecule has 1 aliphatic rings. The molecule has 0 unspecified atom stereocenters. The Balaban J connectivity index is 2.44. The van der Waals surface area contributed by atoms with Crippen LogP contribution in [0, 0.1) is 5.92 Å². The van der Waals surface area contributed by atoms with Crippen molar-refractivity contribution in [1.82, 2.24) is 4.90 Å². The molecular formula is C13H17N3O2. The molecule has 1 aromatic carbocycles. The maximum absolute atomic E-state index is 12.4. The van der Waals surface area contributed by atoms with E-state index in [1.807, 2.05) is 13.8 Å². The van der Waals surface area contributed by atoms with Gasteiger partial charge in [-0.15, -0.1) is 0 Å². The lowest BCUT2D eigenvalue weighted by Gasteiger charge is -2.22. The van der Waals surface area contributed by atoms with E-state index in [9.17, 15) is 9.59 Å². The first kappa shape index (κ1) is 12.4. The minimum Gasteiger partial charge on any atom is -0.398 e. The highest BCUT2D eigenvalue weighted by molar-refractivity contribution is 6.11. The standard InChI is InChI=1S/C13H17N3O2/c1-8(2)6-16-7-11(17)15-10-5-3-4-9(14)12(10)13(16)18/h3-5,8H,6-7,14H2,1-2H3,(H,15,17). The topological polar surface area (TPSA) is 75.4 Å². The summed E-state index contributed by atoms with van der Waals surface area (Å²) in [5.74, 6) is -0.0725. The van der Waals surface area contributed by atoms with Crippen molar-refractivity contribution >= 4 is 23.2 Å². The normalized spacial score (nSPS) is 15.4. The number of hydrogen-bond donors (Lipinski definition) is 2. The molecule has 0 saturated carbocycles. The summed E-state index contributed by atoms with van der Waals surface area (Å²) in [7, 11) is 0. The summed E-state index contributed by atoms with van der Waals surface area (Å²) in [4.78, 5) is 25.7. The van der Waals surface area contributed by atoms with Crippen LogP contribution in [-0.4, -0.2) is 29.8 Å². The third kappa shape index (κ3) is 2.30. The first-order chi connectivity index (χ1) is 8.49. The SMILES string of the molecule is CC(C)CN1CC(=O)Nc2cccc(N)c2C1=O. The fraction of sp³-hybridized carbons (Fsp3) is 0.385. The van der Waals surface area contributed by atoms with Crippen molar-refractivity contribution < 1.29 is 9.59 Å². The van der Waals surface area contributed by atoms with Gasteiger partial charge in [-0.1, -0.05) is 19.9 Å². The van der Waals surface area contributed by atoms with Gasteiger partial charge in [0, 0.05) is 12.2 Å². The number of fused-ring (bicyclic) bond motifs is 1. The van der Waals surface area contributed by atoms with Crippen LogP contribution in [0.3, 0.4) is 0 Å². The van der Waals surface area contributed by atoms with E-state index >= 15 is 0 Å². The lowest BCUT2D eigenvalue weighted by molar-refractivity contribution is -0.116. The van der Waals surface area contributed by atoms with Crippen molar-refractivity contribution in [3.05, 3.63) is 23.8 Å². The summed E-state index contributed by atoms with van der Waals surface area (Å²) in [5, 5.41) is 2.72. The smallest absolute Gasteiger partial charge is 0.258 e. The summed E-state index contributed by atoms with van der Waals surface area (Å²) < 4.78 is 0. The molecule has 0 aromatic heterocycles. The third-order valence-corrected chi connectivity index (χ3v) is 2.79. The van der Waals surface area contributed by atoms with Gasteiger partial charge in [0.05, 0.1) is 11.3 Å². The van der Waals surface area contributed by atoms with Crippen LogP contribution < -0.4 is 11.1 Å². The summed E-state index contributed by atoms with van der Waals surface area (Å²) in [5.41, 5.74) is 7.13. The monoisotopic (exact) mass is 247 g/mol. The number of nitrogens with one attached hydrogen (secondary N) is 1. The minimum absolute atomic E-state index is 0.0745. The van der Waals surface area contributed by atoms with Crippen LogP contribution in [0.15, 0.2) is 18.2 Å². The van der Waals surface area contributed by atoms with Gasteiger partial charge in [0.15, 0.2) is 0 Å².